The third-order valence-corrected chi connectivity index (χ3v) is 2.66. The lowest BCUT2D eigenvalue weighted by Crippen LogP contribution is -1.83. The second-order valence-corrected chi connectivity index (χ2v) is 3.98. The van der Waals surface area contributed by atoms with Gasteiger partial charge in [-0.2, -0.15) is 0 Å². The van der Waals surface area contributed by atoms with E-state index in [1.54, 1.807) is 7.11 Å². The van der Waals surface area contributed by atoms with Crippen LogP contribution in [0, 0.1) is 11.8 Å². The molecule has 17 heavy (non-hydrogen) atoms. The van der Waals surface area contributed by atoms with Crippen molar-refractivity contribution < 1.29 is 4.74 Å². The summed E-state index contributed by atoms with van der Waals surface area (Å²) in [4.78, 5) is 0. The summed E-state index contributed by atoms with van der Waals surface area (Å²) in [6.07, 6.45) is 2.07. The minimum absolute atomic E-state index is 0.891. The van der Waals surface area contributed by atoms with E-state index in [0.29, 0.717) is 0 Å². The van der Waals surface area contributed by atoms with Gasteiger partial charge in [-0.15, -0.1) is 0 Å². The van der Waals surface area contributed by atoms with E-state index < -0.39 is 0 Å². The van der Waals surface area contributed by atoms with E-state index >= 15 is 0 Å². The fraction of sp³-hybridized carbons (Fsp3) is 0.250. The van der Waals surface area contributed by atoms with Crippen LogP contribution in [0.2, 0.25) is 0 Å². The Bertz CT molecular complexity index is 573. The molecule has 0 fully saturated rings. The number of fused-ring (bicyclic) bond motifs is 1. The Balaban J connectivity index is 2.36. The van der Waals surface area contributed by atoms with Gasteiger partial charge in [0.25, 0.3) is 0 Å². The number of benzene rings is 2. The minimum Gasteiger partial charge on any atom is -0.497 e. The van der Waals surface area contributed by atoms with Crippen molar-refractivity contribution in [3.8, 4) is 17.6 Å². The van der Waals surface area contributed by atoms with Crippen LogP contribution in [-0.2, 0) is 0 Å². The molecule has 1 nitrogen and oxygen atoms in total. The Kier molecular flexibility index (Phi) is 3.67. The molecule has 86 valence electrons. The van der Waals surface area contributed by atoms with Gasteiger partial charge in [0, 0.05) is 12.0 Å². The smallest absolute Gasteiger partial charge is 0.119 e. The Labute approximate surface area is 102 Å². The fourth-order valence-corrected chi connectivity index (χ4v) is 1.72. The number of hydrogen-bond acceptors (Lipinski definition) is 1. The standard InChI is InChI=1S/C16H16O/c1-3-4-5-6-13-7-8-15-12-16(17-2)10-9-14(15)11-13/h7-12H,3-4H2,1-2H3. The van der Waals surface area contributed by atoms with Gasteiger partial charge >= 0.3 is 0 Å². The summed E-state index contributed by atoms with van der Waals surface area (Å²) in [5.74, 6) is 7.24. The van der Waals surface area contributed by atoms with Crippen molar-refractivity contribution in [1.82, 2.24) is 0 Å². The zero-order chi connectivity index (χ0) is 12.1. The molecule has 1 heteroatoms. The normalized spacial score (nSPS) is 9.76. The van der Waals surface area contributed by atoms with Crippen molar-refractivity contribution in [3.05, 3.63) is 42.0 Å². The molecule has 0 aromatic heterocycles. The molecule has 2 aromatic rings. The number of rotatable bonds is 2. The number of unbranched alkanes of at least 4 members (excludes halogenated alkanes) is 1. The molecule has 0 heterocycles. The third-order valence-electron chi connectivity index (χ3n) is 2.66. The van der Waals surface area contributed by atoms with Gasteiger partial charge in [0.05, 0.1) is 7.11 Å². The lowest BCUT2D eigenvalue weighted by molar-refractivity contribution is 0.415. The molecule has 0 saturated carbocycles. The predicted molar refractivity (Wildman–Crippen MR) is 72.3 cm³/mol. The first-order valence-electron chi connectivity index (χ1n) is 5.90. The van der Waals surface area contributed by atoms with E-state index in [9.17, 15) is 0 Å². The average molecular weight is 224 g/mol. The molecule has 0 spiro atoms. The predicted octanol–water partition coefficient (Wildman–Crippen LogP) is 4.00. The molecule has 0 aliphatic heterocycles. The summed E-state index contributed by atoms with van der Waals surface area (Å²) < 4.78 is 5.20. The lowest BCUT2D eigenvalue weighted by atomic mass is 10.1. The van der Waals surface area contributed by atoms with Crippen LogP contribution in [0.3, 0.4) is 0 Å². The highest BCUT2D eigenvalue weighted by molar-refractivity contribution is 5.85. The van der Waals surface area contributed by atoms with Crippen molar-refractivity contribution in [2.75, 3.05) is 7.11 Å². The van der Waals surface area contributed by atoms with E-state index in [1.165, 1.54) is 10.8 Å². The molecule has 0 atom stereocenters. The van der Waals surface area contributed by atoms with E-state index in [4.69, 9.17) is 4.74 Å². The molecule has 0 aliphatic carbocycles. The molecule has 0 N–H and O–H groups in total. The zero-order valence-corrected chi connectivity index (χ0v) is 10.3. The summed E-state index contributed by atoms with van der Waals surface area (Å²) in [5.41, 5.74) is 1.08. The summed E-state index contributed by atoms with van der Waals surface area (Å²) in [6, 6.07) is 12.4. The number of ether oxygens (including phenoxy) is 1. The van der Waals surface area contributed by atoms with Crippen molar-refractivity contribution >= 4 is 10.8 Å². The molecular weight excluding hydrogens is 208 g/mol. The maximum atomic E-state index is 5.20. The molecule has 2 aromatic carbocycles. The minimum atomic E-state index is 0.891. The first kappa shape index (κ1) is 11.5. The van der Waals surface area contributed by atoms with Gasteiger partial charge in [-0.3, -0.25) is 0 Å². The monoisotopic (exact) mass is 224 g/mol. The van der Waals surface area contributed by atoms with Gasteiger partial charge in [0.15, 0.2) is 0 Å². The molecule has 0 unspecified atom stereocenters. The second-order valence-electron chi connectivity index (χ2n) is 3.98. The van der Waals surface area contributed by atoms with E-state index in [0.717, 1.165) is 24.2 Å². The molecule has 2 rings (SSSR count). The van der Waals surface area contributed by atoms with Crippen LogP contribution in [0.25, 0.3) is 10.8 Å². The van der Waals surface area contributed by atoms with Gasteiger partial charge in [0.1, 0.15) is 5.75 Å². The highest BCUT2D eigenvalue weighted by Crippen LogP contribution is 2.21. The molecule has 0 bridgehead atoms. The van der Waals surface area contributed by atoms with E-state index in [2.05, 4.69) is 43.0 Å². The first-order valence-corrected chi connectivity index (χ1v) is 5.90. The summed E-state index contributed by atoms with van der Waals surface area (Å²) in [6.45, 7) is 2.14. The number of hydrogen-bond donors (Lipinski definition) is 0. The first-order chi connectivity index (χ1) is 8.33. The SMILES string of the molecule is CCCC#Cc1ccc2cc(OC)ccc2c1. The Morgan fingerprint density at radius 3 is 2.59 bits per heavy atom. The fourth-order valence-electron chi connectivity index (χ4n) is 1.72. The van der Waals surface area contributed by atoms with Crippen molar-refractivity contribution in [2.24, 2.45) is 0 Å². The second kappa shape index (κ2) is 5.41. The topological polar surface area (TPSA) is 9.23 Å². The van der Waals surface area contributed by atoms with Crippen LogP contribution in [0.5, 0.6) is 5.75 Å². The highest BCUT2D eigenvalue weighted by atomic mass is 16.5. The lowest BCUT2D eigenvalue weighted by Gasteiger charge is -2.02. The molecule has 0 amide bonds. The Morgan fingerprint density at radius 1 is 1.06 bits per heavy atom. The maximum absolute atomic E-state index is 5.20. The average Bonchev–Trinajstić information content (AvgIpc) is 2.38. The van der Waals surface area contributed by atoms with Crippen LogP contribution in [-0.4, -0.2) is 7.11 Å². The van der Waals surface area contributed by atoms with E-state index in [-0.39, 0.29) is 0 Å². The van der Waals surface area contributed by atoms with Crippen LogP contribution in [0.4, 0.5) is 0 Å². The van der Waals surface area contributed by atoms with Crippen LogP contribution < -0.4 is 4.74 Å². The van der Waals surface area contributed by atoms with E-state index in [1.807, 2.05) is 12.1 Å². The summed E-state index contributed by atoms with van der Waals surface area (Å²) in [7, 11) is 1.69. The van der Waals surface area contributed by atoms with Crippen LogP contribution in [0.15, 0.2) is 36.4 Å². The Hall–Kier alpha value is -1.94. The largest absolute Gasteiger partial charge is 0.497 e. The maximum Gasteiger partial charge on any atom is 0.119 e. The highest BCUT2D eigenvalue weighted by Gasteiger charge is 1.97. The van der Waals surface area contributed by atoms with Gasteiger partial charge in [-0.1, -0.05) is 30.9 Å². The van der Waals surface area contributed by atoms with Crippen molar-refractivity contribution in [2.45, 2.75) is 19.8 Å². The zero-order valence-electron chi connectivity index (χ0n) is 10.3. The molecule has 0 radical (unpaired) electrons. The van der Waals surface area contributed by atoms with Crippen molar-refractivity contribution in [3.63, 3.8) is 0 Å². The van der Waals surface area contributed by atoms with Crippen LogP contribution in [0.1, 0.15) is 25.3 Å². The number of methoxy groups -OCH3 is 1. The van der Waals surface area contributed by atoms with Crippen LogP contribution >= 0.6 is 0 Å². The van der Waals surface area contributed by atoms with Gasteiger partial charge < -0.3 is 4.74 Å². The summed E-state index contributed by atoms with van der Waals surface area (Å²) in [5, 5.41) is 2.39. The van der Waals surface area contributed by atoms with Crippen molar-refractivity contribution in [1.29, 1.82) is 0 Å². The molecular formula is C16H16O. The molecule has 0 aliphatic rings. The summed E-state index contributed by atoms with van der Waals surface area (Å²) >= 11 is 0. The quantitative estimate of drug-likeness (QED) is 0.700. The van der Waals surface area contributed by atoms with Gasteiger partial charge in [-0.25, -0.2) is 0 Å². The van der Waals surface area contributed by atoms with Gasteiger partial charge in [0.2, 0.25) is 0 Å². The van der Waals surface area contributed by atoms with Gasteiger partial charge in [-0.05, 0) is 41.5 Å². The third kappa shape index (κ3) is 2.79. The molecule has 0 saturated heterocycles. The Morgan fingerprint density at radius 2 is 1.82 bits per heavy atom.